The average molecular weight is 307 g/mol. The summed E-state index contributed by atoms with van der Waals surface area (Å²) in [7, 11) is -2.42. The van der Waals surface area contributed by atoms with Crippen molar-refractivity contribution in [2.24, 2.45) is 0 Å². The summed E-state index contributed by atoms with van der Waals surface area (Å²) in [6, 6.07) is 3.95. The van der Waals surface area contributed by atoms with E-state index in [1.807, 2.05) is 0 Å². The summed E-state index contributed by atoms with van der Waals surface area (Å²) >= 11 is 5.77. The van der Waals surface area contributed by atoms with E-state index in [1.165, 1.54) is 25.2 Å². The average Bonchev–Trinajstić information content (AvgIpc) is 2.26. The minimum absolute atomic E-state index is 0.0279. The van der Waals surface area contributed by atoms with Gasteiger partial charge in [0.05, 0.1) is 10.7 Å². The minimum atomic E-state index is -3.82. The predicted molar refractivity (Wildman–Crippen MR) is 73.9 cm³/mol. The van der Waals surface area contributed by atoms with Crippen LogP contribution >= 0.6 is 11.6 Å². The van der Waals surface area contributed by atoms with E-state index >= 15 is 0 Å². The Morgan fingerprint density at radius 2 is 2.00 bits per heavy atom. The van der Waals surface area contributed by atoms with Crippen LogP contribution in [0.3, 0.4) is 0 Å². The van der Waals surface area contributed by atoms with Crippen molar-refractivity contribution in [3.8, 4) is 0 Å². The van der Waals surface area contributed by atoms with Crippen LogP contribution in [0, 0.1) is 0 Å². The maximum atomic E-state index is 12.0. The first-order valence-corrected chi connectivity index (χ1v) is 7.26. The molecule has 0 spiro atoms. The van der Waals surface area contributed by atoms with Crippen molar-refractivity contribution in [3.05, 3.63) is 28.8 Å². The lowest BCUT2D eigenvalue weighted by molar-refractivity contribution is 0.0698. The number of carboxylic acids is 1. The molecule has 0 amide bonds. The molecule has 0 unspecified atom stereocenters. The molecule has 0 aromatic heterocycles. The van der Waals surface area contributed by atoms with Gasteiger partial charge in [0.15, 0.2) is 0 Å². The molecule has 106 valence electrons. The Morgan fingerprint density at radius 1 is 1.42 bits per heavy atom. The van der Waals surface area contributed by atoms with Crippen LogP contribution in [0.2, 0.25) is 5.02 Å². The van der Waals surface area contributed by atoms with Gasteiger partial charge in [0.2, 0.25) is 0 Å². The number of aromatic carboxylic acids is 1. The minimum Gasteiger partial charge on any atom is -0.478 e. The highest BCUT2D eigenvalue weighted by Crippen LogP contribution is 2.25. The lowest BCUT2D eigenvalue weighted by atomic mass is 10.2. The number of benzene rings is 1. The topological polar surface area (TPSA) is 86.7 Å². The van der Waals surface area contributed by atoms with E-state index in [9.17, 15) is 13.2 Å². The molecule has 0 radical (unpaired) electrons. The third-order valence-corrected chi connectivity index (χ3v) is 4.55. The summed E-state index contributed by atoms with van der Waals surface area (Å²) in [6.45, 7) is 3.41. The van der Waals surface area contributed by atoms with Gasteiger partial charge >= 0.3 is 16.2 Å². The SMILES string of the molecule is CC(C)N(C)S(=O)(=O)Nc1cccc(Cl)c1C(=O)O. The number of rotatable bonds is 5. The van der Waals surface area contributed by atoms with Crippen molar-refractivity contribution >= 4 is 33.5 Å². The van der Waals surface area contributed by atoms with Crippen molar-refractivity contribution in [1.82, 2.24) is 4.31 Å². The lowest BCUT2D eigenvalue weighted by Crippen LogP contribution is -2.37. The zero-order valence-electron chi connectivity index (χ0n) is 10.7. The molecule has 0 saturated heterocycles. The van der Waals surface area contributed by atoms with E-state index in [2.05, 4.69) is 4.72 Å². The quantitative estimate of drug-likeness (QED) is 0.871. The molecule has 1 rings (SSSR count). The van der Waals surface area contributed by atoms with Gasteiger partial charge in [-0.15, -0.1) is 0 Å². The number of anilines is 1. The fraction of sp³-hybridized carbons (Fsp3) is 0.364. The van der Waals surface area contributed by atoms with Gasteiger partial charge in [0.1, 0.15) is 5.56 Å². The van der Waals surface area contributed by atoms with Crippen LogP contribution in [-0.4, -0.2) is 36.9 Å². The summed E-state index contributed by atoms with van der Waals surface area (Å²) in [6.07, 6.45) is 0. The Labute approximate surface area is 117 Å². The Bertz CT molecular complexity index is 586. The zero-order valence-corrected chi connectivity index (χ0v) is 12.3. The monoisotopic (exact) mass is 306 g/mol. The summed E-state index contributed by atoms with van der Waals surface area (Å²) in [5.41, 5.74) is -0.336. The lowest BCUT2D eigenvalue weighted by Gasteiger charge is -2.22. The Morgan fingerprint density at radius 3 is 2.47 bits per heavy atom. The van der Waals surface area contributed by atoms with E-state index in [-0.39, 0.29) is 22.3 Å². The van der Waals surface area contributed by atoms with Crippen LogP contribution in [0.25, 0.3) is 0 Å². The predicted octanol–water partition coefficient (Wildman–Crippen LogP) is 2.04. The van der Waals surface area contributed by atoms with E-state index in [1.54, 1.807) is 13.8 Å². The van der Waals surface area contributed by atoms with Crippen LogP contribution in [0.1, 0.15) is 24.2 Å². The second-order valence-electron chi connectivity index (χ2n) is 4.18. The van der Waals surface area contributed by atoms with Gasteiger partial charge in [-0.25, -0.2) is 4.79 Å². The molecule has 0 atom stereocenters. The van der Waals surface area contributed by atoms with Gasteiger partial charge < -0.3 is 5.11 Å². The largest absolute Gasteiger partial charge is 0.478 e. The standard InChI is InChI=1S/C11H15ClN2O4S/c1-7(2)14(3)19(17,18)13-9-6-4-5-8(12)10(9)11(15)16/h4-7,13H,1-3H3,(H,15,16). The van der Waals surface area contributed by atoms with Crippen molar-refractivity contribution < 1.29 is 18.3 Å². The van der Waals surface area contributed by atoms with E-state index in [0.29, 0.717) is 0 Å². The number of hydrogen-bond donors (Lipinski definition) is 2. The second kappa shape index (κ2) is 5.77. The molecule has 19 heavy (non-hydrogen) atoms. The third kappa shape index (κ3) is 3.59. The van der Waals surface area contributed by atoms with Crippen LogP contribution in [0.4, 0.5) is 5.69 Å². The highest BCUT2D eigenvalue weighted by Gasteiger charge is 2.23. The first-order chi connectivity index (χ1) is 8.66. The fourth-order valence-electron chi connectivity index (χ4n) is 1.32. The van der Waals surface area contributed by atoms with Crippen molar-refractivity contribution in [3.63, 3.8) is 0 Å². The van der Waals surface area contributed by atoms with Crippen LogP contribution < -0.4 is 4.72 Å². The molecule has 1 aromatic rings. The summed E-state index contributed by atoms with van der Waals surface area (Å²) in [4.78, 5) is 11.1. The molecule has 0 aliphatic carbocycles. The van der Waals surface area contributed by atoms with Crippen LogP contribution in [0.15, 0.2) is 18.2 Å². The molecule has 6 nitrogen and oxygen atoms in total. The van der Waals surface area contributed by atoms with E-state index in [0.717, 1.165) is 4.31 Å². The molecule has 0 fully saturated rings. The number of halogens is 1. The maximum absolute atomic E-state index is 12.0. The molecule has 0 bridgehead atoms. The van der Waals surface area contributed by atoms with E-state index in [4.69, 9.17) is 16.7 Å². The number of nitrogens with zero attached hydrogens (tertiary/aromatic N) is 1. The third-order valence-electron chi connectivity index (χ3n) is 2.57. The molecule has 0 aliphatic rings. The van der Waals surface area contributed by atoms with Gasteiger partial charge in [-0.1, -0.05) is 17.7 Å². The summed E-state index contributed by atoms with van der Waals surface area (Å²) in [5, 5.41) is 9.03. The molecule has 1 aromatic carbocycles. The summed E-state index contributed by atoms with van der Waals surface area (Å²) < 4.78 is 27.3. The first-order valence-electron chi connectivity index (χ1n) is 5.44. The molecule has 8 heteroatoms. The Balaban J connectivity index is 3.21. The maximum Gasteiger partial charge on any atom is 0.339 e. The highest BCUT2D eigenvalue weighted by molar-refractivity contribution is 7.90. The summed E-state index contributed by atoms with van der Waals surface area (Å²) in [5.74, 6) is -1.30. The number of hydrogen-bond acceptors (Lipinski definition) is 3. The molecular formula is C11H15ClN2O4S. The van der Waals surface area contributed by atoms with Crippen molar-refractivity contribution in [2.45, 2.75) is 19.9 Å². The first kappa shape index (κ1) is 15.7. The Hall–Kier alpha value is -1.31. The Kier molecular flexibility index (Phi) is 4.78. The smallest absolute Gasteiger partial charge is 0.339 e. The number of nitrogens with one attached hydrogen (secondary N) is 1. The molecular weight excluding hydrogens is 292 g/mol. The molecule has 0 aliphatic heterocycles. The van der Waals surface area contributed by atoms with Crippen molar-refractivity contribution in [1.29, 1.82) is 0 Å². The van der Waals surface area contributed by atoms with Crippen molar-refractivity contribution in [2.75, 3.05) is 11.8 Å². The van der Waals surface area contributed by atoms with Gasteiger partial charge in [0.25, 0.3) is 0 Å². The van der Waals surface area contributed by atoms with Gasteiger partial charge in [-0.2, -0.15) is 12.7 Å². The molecule has 0 saturated carbocycles. The van der Waals surface area contributed by atoms with Gasteiger partial charge in [-0.3, -0.25) is 4.72 Å². The highest BCUT2D eigenvalue weighted by atomic mass is 35.5. The van der Waals surface area contributed by atoms with Gasteiger partial charge in [-0.05, 0) is 26.0 Å². The van der Waals surface area contributed by atoms with E-state index < -0.39 is 16.2 Å². The normalized spacial score (nSPS) is 11.9. The number of carbonyl (C=O) groups is 1. The molecule has 0 heterocycles. The molecule has 2 N–H and O–H groups in total. The zero-order chi connectivity index (χ0) is 14.8. The second-order valence-corrected chi connectivity index (χ2v) is 6.32. The van der Waals surface area contributed by atoms with Crippen LogP contribution in [-0.2, 0) is 10.2 Å². The number of carboxylic acid groups (broad SMARTS) is 1. The fourth-order valence-corrected chi connectivity index (χ4v) is 2.72. The van der Waals surface area contributed by atoms with Crippen LogP contribution in [0.5, 0.6) is 0 Å². The van der Waals surface area contributed by atoms with Gasteiger partial charge in [0, 0.05) is 13.1 Å².